The molecule has 0 aromatic carbocycles. The lowest BCUT2D eigenvalue weighted by atomic mass is 10.3. The van der Waals surface area contributed by atoms with Gasteiger partial charge in [0.25, 0.3) is 0 Å². The second kappa shape index (κ2) is 5.18. The summed E-state index contributed by atoms with van der Waals surface area (Å²) in [5.74, 6) is 0.884. The molecule has 16 heavy (non-hydrogen) atoms. The van der Waals surface area contributed by atoms with Gasteiger partial charge in [-0.3, -0.25) is 0 Å². The van der Waals surface area contributed by atoms with Gasteiger partial charge in [-0.05, 0) is 40.9 Å². The number of hydrogen-bond donors (Lipinski definition) is 1. The number of hydrogen-bond acceptors (Lipinski definition) is 5. The van der Waals surface area contributed by atoms with Gasteiger partial charge in [0, 0.05) is 4.88 Å². The highest BCUT2D eigenvalue weighted by atomic mass is 32.1. The van der Waals surface area contributed by atoms with Crippen molar-refractivity contribution in [2.45, 2.75) is 26.9 Å². The van der Waals surface area contributed by atoms with E-state index < -0.39 is 0 Å². The van der Waals surface area contributed by atoms with E-state index in [-0.39, 0.29) is 0 Å². The van der Waals surface area contributed by atoms with Crippen LogP contribution in [0.4, 0.5) is 0 Å². The fourth-order valence-electron chi connectivity index (χ4n) is 1.41. The van der Waals surface area contributed by atoms with E-state index in [4.69, 9.17) is 0 Å². The molecule has 0 bridgehead atoms. The summed E-state index contributed by atoms with van der Waals surface area (Å²) in [5.41, 5.74) is 1.30. The number of thiophene rings is 1. The van der Waals surface area contributed by atoms with Crippen LogP contribution in [-0.4, -0.2) is 26.8 Å². The maximum atomic E-state index is 4.01. The Labute approximate surface area is 98.5 Å². The standard InChI is InChI=1S/C10H15N5S/c1-3-11-6-10-12-13-14-15(10)7-9-8(2)4-5-16-9/h4-5,11H,3,6-7H2,1-2H3. The van der Waals surface area contributed by atoms with E-state index in [2.05, 4.69) is 46.1 Å². The average Bonchev–Trinajstić information content (AvgIpc) is 2.87. The van der Waals surface area contributed by atoms with Gasteiger partial charge >= 0.3 is 0 Å². The van der Waals surface area contributed by atoms with Crippen molar-refractivity contribution >= 4 is 11.3 Å². The smallest absolute Gasteiger partial charge is 0.165 e. The molecule has 0 amide bonds. The molecule has 0 spiro atoms. The zero-order valence-corrected chi connectivity index (χ0v) is 10.3. The van der Waals surface area contributed by atoms with Gasteiger partial charge in [0.2, 0.25) is 0 Å². The lowest BCUT2D eigenvalue weighted by molar-refractivity contribution is 0.590. The van der Waals surface area contributed by atoms with Gasteiger partial charge in [0.15, 0.2) is 5.82 Å². The molecule has 1 N–H and O–H groups in total. The lowest BCUT2D eigenvalue weighted by Gasteiger charge is -2.04. The Hall–Kier alpha value is -1.27. The zero-order valence-electron chi connectivity index (χ0n) is 9.47. The molecular formula is C10H15N5S. The molecule has 0 radical (unpaired) electrons. The van der Waals surface area contributed by atoms with Crippen LogP contribution < -0.4 is 5.32 Å². The highest BCUT2D eigenvalue weighted by molar-refractivity contribution is 7.10. The monoisotopic (exact) mass is 237 g/mol. The Kier molecular flexibility index (Phi) is 3.63. The number of nitrogens with zero attached hydrogens (tertiary/aromatic N) is 4. The van der Waals surface area contributed by atoms with Gasteiger partial charge in [-0.2, -0.15) is 0 Å². The fraction of sp³-hybridized carbons (Fsp3) is 0.500. The molecule has 0 unspecified atom stereocenters. The number of aromatic nitrogens is 4. The van der Waals surface area contributed by atoms with Crippen molar-refractivity contribution in [2.24, 2.45) is 0 Å². The van der Waals surface area contributed by atoms with E-state index >= 15 is 0 Å². The van der Waals surface area contributed by atoms with Gasteiger partial charge in [-0.1, -0.05) is 6.92 Å². The van der Waals surface area contributed by atoms with Gasteiger partial charge in [-0.25, -0.2) is 4.68 Å². The van der Waals surface area contributed by atoms with Crippen molar-refractivity contribution < 1.29 is 0 Å². The zero-order chi connectivity index (χ0) is 11.4. The predicted molar refractivity (Wildman–Crippen MR) is 63.4 cm³/mol. The Morgan fingerprint density at radius 2 is 2.38 bits per heavy atom. The molecule has 0 aliphatic heterocycles. The van der Waals surface area contributed by atoms with Crippen molar-refractivity contribution in [3.63, 3.8) is 0 Å². The third-order valence-corrected chi connectivity index (χ3v) is 3.41. The summed E-state index contributed by atoms with van der Waals surface area (Å²) in [4.78, 5) is 1.31. The Morgan fingerprint density at radius 3 is 3.06 bits per heavy atom. The number of nitrogens with one attached hydrogen (secondary N) is 1. The second-order valence-electron chi connectivity index (χ2n) is 3.56. The highest BCUT2D eigenvalue weighted by Gasteiger charge is 2.07. The van der Waals surface area contributed by atoms with Gasteiger partial charge < -0.3 is 5.32 Å². The van der Waals surface area contributed by atoms with E-state index in [1.807, 2.05) is 4.68 Å². The predicted octanol–water partition coefficient (Wildman–Crippen LogP) is 1.20. The molecule has 86 valence electrons. The molecular weight excluding hydrogens is 222 g/mol. The van der Waals surface area contributed by atoms with Crippen LogP contribution in [0.25, 0.3) is 0 Å². The number of tetrazole rings is 1. The molecule has 0 saturated carbocycles. The molecule has 2 aromatic heterocycles. The SMILES string of the molecule is CCNCc1nnnn1Cc1sccc1C. The normalized spacial score (nSPS) is 10.9. The van der Waals surface area contributed by atoms with Crippen molar-refractivity contribution in [1.82, 2.24) is 25.5 Å². The maximum absolute atomic E-state index is 4.01. The lowest BCUT2D eigenvalue weighted by Crippen LogP contribution is -2.17. The van der Waals surface area contributed by atoms with E-state index in [0.29, 0.717) is 6.54 Å². The van der Waals surface area contributed by atoms with Gasteiger partial charge in [0.05, 0.1) is 13.1 Å². The minimum atomic E-state index is 0.716. The molecule has 0 atom stereocenters. The first-order valence-electron chi connectivity index (χ1n) is 5.30. The minimum Gasteiger partial charge on any atom is -0.310 e. The molecule has 5 nitrogen and oxygen atoms in total. The summed E-state index contributed by atoms with van der Waals surface area (Å²) in [6, 6.07) is 2.12. The molecule has 0 aliphatic rings. The maximum Gasteiger partial charge on any atom is 0.165 e. The quantitative estimate of drug-likeness (QED) is 0.849. The van der Waals surface area contributed by atoms with Crippen molar-refractivity contribution in [2.75, 3.05) is 6.54 Å². The van der Waals surface area contributed by atoms with Crippen LogP contribution in [0.15, 0.2) is 11.4 Å². The van der Waals surface area contributed by atoms with Crippen molar-refractivity contribution in [1.29, 1.82) is 0 Å². The van der Waals surface area contributed by atoms with Crippen molar-refractivity contribution in [3.05, 3.63) is 27.7 Å². The second-order valence-corrected chi connectivity index (χ2v) is 4.56. The third kappa shape index (κ3) is 2.45. The summed E-state index contributed by atoms with van der Waals surface area (Å²) < 4.78 is 1.85. The average molecular weight is 237 g/mol. The molecule has 6 heteroatoms. The molecule has 0 saturated heterocycles. The van der Waals surface area contributed by atoms with E-state index in [0.717, 1.165) is 18.9 Å². The fourth-order valence-corrected chi connectivity index (χ4v) is 2.30. The Morgan fingerprint density at radius 1 is 1.50 bits per heavy atom. The topological polar surface area (TPSA) is 55.6 Å². The largest absolute Gasteiger partial charge is 0.310 e. The van der Waals surface area contributed by atoms with Crippen molar-refractivity contribution in [3.8, 4) is 0 Å². The van der Waals surface area contributed by atoms with Gasteiger partial charge in [0.1, 0.15) is 0 Å². The minimum absolute atomic E-state index is 0.716. The summed E-state index contributed by atoms with van der Waals surface area (Å²) in [6.07, 6.45) is 0. The van der Waals surface area contributed by atoms with E-state index in [9.17, 15) is 0 Å². The first-order valence-corrected chi connectivity index (χ1v) is 6.18. The van der Waals surface area contributed by atoms with Gasteiger partial charge in [-0.15, -0.1) is 16.4 Å². The van der Waals surface area contributed by atoms with E-state index in [1.165, 1.54) is 10.4 Å². The summed E-state index contributed by atoms with van der Waals surface area (Å²) >= 11 is 1.74. The van der Waals surface area contributed by atoms with Crippen LogP contribution in [0.1, 0.15) is 23.2 Å². The van der Waals surface area contributed by atoms with Crippen LogP contribution in [0.2, 0.25) is 0 Å². The van der Waals surface area contributed by atoms with Crippen LogP contribution in [0.5, 0.6) is 0 Å². The third-order valence-electron chi connectivity index (χ3n) is 2.40. The van der Waals surface area contributed by atoms with Crippen LogP contribution in [-0.2, 0) is 13.1 Å². The van der Waals surface area contributed by atoms with Crippen LogP contribution in [0.3, 0.4) is 0 Å². The first kappa shape index (κ1) is 11.2. The van der Waals surface area contributed by atoms with E-state index in [1.54, 1.807) is 11.3 Å². The molecule has 0 aliphatic carbocycles. The number of aryl methyl sites for hydroxylation is 1. The molecule has 2 aromatic rings. The highest BCUT2D eigenvalue weighted by Crippen LogP contribution is 2.16. The number of rotatable bonds is 5. The first-order chi connectivity index (χ1) is 7.81. The Bertz CT molecular complexity index is 448. The summed E-state index contributed by atoms with van der Waals surface area (Å²) in [6.45, 7) is 6.58. The molecule has 2 heterocycles. The van der Waals surface area contributed by atoms with Crippen LogP contribution in [0, 0.1) is 6.92 Å². The summed E-state index contributed by atoms with van der Waals surface area (Å²) in [7, 11) is 0. The molecule has 0 fully saturated rings. The van der Waals surface area contributed by atoms with Crippen LogP contribution >= 0.6 is 11.3 Å². The Balaban J connectivity index is 2.09. The molecule has 2 rings (SSSR count). The summed E-state index contributed by atoms with van der Waals surface area (Å²) in [5, 5.41) is 17.0.